The maximum Gasteiger partial charge on any atom is 0.224 e. The molecule has 0 aliphatic carbocycles. The monoisotopic (exact) mass is 366 g/mol. The molecule has 0 unspecified atom stereocenters. The summed E-state index contributed by atoms with van der Waals surface area (Å²) >= 11 is 1.54. The summed E-state index contributed by atoms with van der Waals surface area (Å²) in [5.41, 5.74) is 3.44. The van der Waals surface area contributed by atoms with Gasteiger partial charge in [-0.25, -0.2) is 4.98 Å². The number of carbonyl (C=O) groups is 2. The van der Waals surface area contributed by atoms with Crippen molar-refractivity contribution >= 4 is 28.8 Å². The van der Waals surface area contributed by atoms with Crippen LogP contribution < -0.4 is 10.6 Å². The number of nitrogens with one attached hydrogen (secondary N) is 2. The second-order valence-electron chi connectivity index (χ2n) is 5.71. The topological polar surface area (TPSA) is 84.0 Å². The van der Waals surface area contributed by atoms with E-state index in [1.807, 2.05) is 29.6 Å². The minimum atomic E-state index is -0.120. The molecule has 0 saturated carbocycles. The maximum absolute atomic E-state index is 12.1. The van der Waals surface area contributed by atoms with Crippen molar-refractivity contribution in [3.05, 3.63) is 65.4 Å². The molecule has 0 spiro atoms. The zero-order valence-corrected chi connectivity index (χ0v) is 15.0. The minimum absolute atomic E-state index is 0.0734. The van der Waals surface area contributed by atoms with E-state index in [1.165, 1.54) is 6.92 Å². The summed E-state index contributed by atoms with van der Waals surface area (Å²) in [7, 11) is 0. The first kappa shape index (κ1) is 17.8. The van der Waals surface area contributed by atoms with Crippen LogP contribution in [0.4, 0.5) is 5.69 Å². The molecule has 0 aliphatic rings. The van der Waals surface area contributed by atoms with E-state index in [-0.39, 0.29) is 18.2 Å². The summed E-state index contributed by atoms with van der Waals surface area (Å²) in [4.78, 5) is 31.6. The molecular weight excluding hydrogens is 348 g/mol. The summed E-state index contributed by atoms with van der Waals surface area (Å²) < 4.78 is 0. The van der Waals surface area contributed by atoms with E-state index < -0.39 is 0 Å². The third-order valence-electron chi connectivity index (χ3n) is 3.58. The lowest BCUT2D eigenvalue weighted by Gasteiger charge is -2.05. The van der Waals surface area contributed by atoms with Gasteiger partial charge in [0.25, 0.3) is 0 Å². The summed E-state index contributed by atoms with van der Waals surface area (Å²) in [5.74, 6) is -0.194. The van der Waals surface area contributed by atoms with Crippen molar-refractivity contribution < 1.29 is 9.59 Å². The van der Waals surface area contributed by atoms with Crippen molar-refractivity contribution in [3.8, 4) is 10.6 Å². The molecule has 26 heavy (non-hydrogen) atoms. The van der Waals surface area contributed by atoms with E-state index in [0.29, 0.717) is 12.2 Å². The molecule has 2 N–H and O–H groups in total. The molecule has 0 bridgehead atoms. The van der Waals surface area contributed by atoms with Gasteiger partial charge in [0.1, 0.15) is 5.01 Å². The average molecular weight is 366 g/mol. The lowest BCUT2D eigenvalue weighted by atomic mass is 10.1. The van der Waals surface area contributed by atoms with Gasteiger partial charge < -0.3 is 10.6 Å². The first-order valence-corrected chi connectivity index (χ1v) is 8.96. The molecule has 3 aromatic rings. The SMILES string of the molecule is CC(=O)Nc1ccc(CC(=O)NCc2csc(-c3ccncc3)n2)cc1. The second-order valence-corrected chi connectivity index (χ2v) is 6.57. The molecule has 0 radical (unpaired) electrons. The van der Waals surface area contributed by atoms with Crippen LogP contribution in [0.5, 0.6) is 0 Å². The number of rotatable bonds is 6. The fourth-order valence-corrected chi connectivity index (χ4v) is 3.19. The Hall–Kier alpha value is -3.06. The number of anilines is 1. The van der Waals surface area contributed by atoms with Crippen molar-refractivity contribution in [3.63, 3.8) is 0 Å². The van der Waals surface area contributed by atoms with Gasteiger partial charge in [-0.3, -0.25) is 14.6 Å². The quantitative estimate of drug-likeness (QED) is 0.702. The van der Waals surface area contributed by atoms with Gasteiger partial charge in [0.15, 0.2) is 0 Å². The van der Waals surface area contributed by atoms with Gasteiger partial charge in [0.05, 0.1) is 18.7 Å². The van der Waals surface area contributed by atoms with Crippen LogP contribution in [-0.2, 0) is 22.6 Å². The van der Waals surface area contributed by atoms with E-state index >= 15 is 0 Å². The van der Waals surface area contributed by atoms with Gasteiger partial charge in [-0.1, -0.05) is 12.1 Å². The minimum Gasteiger partial charge on any atom is -0.350 e. The molecule has 1 aromatic carbocycles. The van der Waals surface area contributed by atoms with Crippen molar-refractivity contribution in [1.29, 1.82) is 0 Å². The third-order valence-corrected chi connectivity index (χ3v) is 4.52. The van der Waals surface area contributed by atoms with Crippen LogP contribution in [0.3, 0.4) is 0 Å². The van der Waals surface area contributed by atoms with Crippen LogP contribution in [0.2, 0.25) is 0 Å². The zero-order valence-electron chi connectivity index (χ0n) is 14.2. The number of carbonyl (C=O) groups excluding carboxylic acids is 2. The number of aromatic nitrogens is 2. The highest BCUT2D eigenvalue weighted by atomic mass is 32.1. The van der Waals surface area contributed by atoms with Gasteiger partial charge in [-0.2, -0.15) is 0 Å². The maximum atomic E-state index is 12.1. The highest BCUT2D eigenvalue weighted by Gasteiger charge is 2.07. The normalized spacial score (nSPS) is 10.3. The predicted molar refractivity (Wildman–Crippen MR) is 102 cm³/mol. The smallest absolute Gasteiger partial charge is 0.224 e. The molecule has 0 atom stereocenters. The van der Waals surface area contributed by atoms with Gasteiger partial charge in [-0.05, 0) is 29.8 Å². The predicted octanol–water partition coefficient (Wildman–Crippen LogP) is 3.02. The summed E-state index contributed by atoms with van der Waals surface area (Å²) in [6.45, 7) is 1.85. The number of hydrogen-bond donors (Lipinski definition) is 2. The molecule has 2 aromatic heterocycles. The Labute approximate surface area is 155 Å². The summed E-state index contributed by atoms with van der Waals surface area (Å²) in [5, 5.41) is 8.43. The van der Waals surface area contributed by atoms with E-state index in [0.717, 1.165) is 21.8 Å². The molecule has 132 valence electrons. The molecule has 3 rings (SSSR count). The molecule has 6 nitrogen and oxygen atoms in total. The highest BCUT2D eigenvalue weighted by molar-refractivity contribution is 7.13. The highest BCUT2D eigenvalue weighted by Crippen LogP contribution is 2.22. The number of thiazole rings is 1. The van der Waals surface area contributed by atoms with Crippen molar-refractivity contribution in [2.24, 2.45) is 0 Å². The fourth-order valence-electron chi connectivity index (χ4n) is 2.36. The standard InChI is InChI=1S/C19H18N4O2S/c1-13(24)22-16-4-2-14(3-5-16)10-18(25)21-11-17-12-26-19(23-17)15-6-8-20-9-7-15/h2-9,12H,10-11H2,1H3,(H,21,25)(H,22,24). The summed E-state index contributed by atoms with van der Waals surface area (Å²) in [6, 6.07) is 11.0. The number of nitrogens with zero attached hydrogens (tertiary/aromatic N) is 2. The van der Waals surface area contributed by atoms with Crippen LogP contribution >= 0.6 is 11.3 Å². The second kappa shape index (κ2) is 8.35. The molecule has 7 heteroatoms. The number of benzene rings is 1. The van der Waals surface area contributed by atoms with Gasteiger partial charge in [-0.15, -0.1) is 11.3 Å². The Balaban J connectivity index is 1.51. The third kappa shape index (κ3) is 4.97. The largest absolute Gasteiger partial charge is 0.350 e. The van der Waals surface area contributed by atoms with Crippen molar-refractivity contribution in [2.75, 3.05) is 5.32 Å². The van der Waals surface area contributed by atoms with Gasteiger partial charge in [0.2, 0.25) is 11.8 Å². The van der Waals surface area contributed by atoms with Crippen LogP contribution in [0.25, 0.3) is 10.6 Å². The van der Waals surface area contributed by atoms with E-state index in [4.69, 9.17) is 0 Å². The summed E-state index contributed by atoms with van der Waals surface area (Å²) in [6.07, 6.45) is 3.74. The van der Waals surface area contributed by atoms with Crippen LogP contribution in [0.15, 0.2) is 54.2 Å². The molecule has 2 heterocycles. The lowest BCUT2D eigenvalue weighted by Crippen LogP contribution is -2.24. The van der Waals surface area contributed by atoms with Gasteiger partial charge in [0, 0.05) is 35.9 Å². The first-order valence-electron chi connectivity index (χ1n) is 8.08. The Kier molecular flexibility index (Phi) is 5.70. The lowest BCUT2D eigenvalue weighted by molar-refractivity contribution is -0.120. The Morgan fingerprint density at radius 3 is 2.50 bits per heavy atom. The average Bonchev–Trinajstić information content (AvgIpc) is 3.11. The van der Waals surface area contributed by atoms with E-state index in [1.54, 1.807) is 35.9 Å². The molecule has 0 aliphatic heterocycles. The molecule has 0 fully saturated rings. The number of amides is 2. The van der Waals surface area contributed by atoms with E-state index in [2.05, 4.69) is 20.6 Å². The fraction of sp³-hybridized carbons (Fsp3) is 0.158. The first-order chi connectivity index (χ1) is 12.6. The number of hydrogen-bond acceptors (Lipinski definition) is 5. The molecule has 0 saturated heterocycles. The Morgan fingerprint density at radius 2 is 1.81 bits per heavy atom. The van der Waals surface area contributed by atoms with Crippen molar-refractivity contribution in [2.45, 2.75) is 19.9 Å². The Morgan fingerprint density at radius 1 is 1.08 bits per heavy atom. The molecule has 2 amide bonds. The van der Waals surface area contributed by atoms with Crippen LogP contribution in [0.1, 0.15) is 18.2 Å². The van der Waals surface area contributed by atoms with Crippen molar-refractivity contribution in [1.82, 2.24) is 15.3 Å². The van der Waals surface area contributed by atoms with Crippen LogP contribution in [0, 0.1) is 0 Å². The molecular formula is C19H18N4O2S. The van der Waals surface area contributed by atoms with Crippen LogP contribution in [-0.4, -0.2) is 21.8 Å². The zero-order chi connectivity index (χ0) is 18.4. The number of pyridine rings is 1. The van der Waals surface area contributed by atoms with Gasteiger partial charge >= 0.3 is 0 Å². The Bertz CT molecular complexity index is 891. The van der Waals surface area contributed by atoms with E-state index in [9.17, 15) is 9.59 Å².